The molecule has 19 heavy (non-hydrogen) atoms. The molecule has 0 atom stereocenters. The minimum absolute atomic E-state index is 0.0978. The summed E-state index contributed by atoms with van der Waals surface area (Å²) in [4.78, 5) is 21.7. The van der Waals surface area contributed by atoms with Crippen LogP contribution in [0.2, 0.25) is 0 Å². The summed E-state index contributed by atoms with van der Waals surface area (Å²) < 4.78 is 0. The van der Waals surface area contributed by atoms with E-state index >= 15 is 0 Å². The van der Waals surface area contributed by atoms with Gasteiger partial charge >= 0.3 is 6.03 Å². The minimum atomic E-state index is -0.0978. The first-order valence-corrected chi connectivity index (χ1v) is 6.19. The summed E-state index contributed by atoms with van der Waals surface area (Å²) in [5.74, 6) is 1.02. The van der Waals surface area contributed by atoms with Crippen LogP contribution in [0.25, 0.3) is 0 Å². The lowest BCUT2D eigenvalue weighted by Crippen LogP contribution is -2.43. The first kappa shape index (κ1) is 15.2. The third-order valence-corrected chi connectivity index (χ3v) is 2.64. The van der Waals surface area contributed by atoms with Crippen molar-refractivity contribution in [2.75, 3.05) is 51.9 Å². The predicted octanol–water partition coefficient (Wildman–Crippen LogP) is 1.02. The Morgan fingerprint density at radius 3 is 2.32 bits per heavy atom. The third kappa shape index (κ3) is 4.40. The van der Waals surface area contributed by atoms with Gasteiger partial charge in [-0.1, -0.05) is 0 Å². The number of urea groups is 1. The molecule has 1 aromatic heterocycles. The van der Waals surface area contributed by atoms with E-state index in [0.717, 1.165) is 12.1 Å². The van der Waals surface area contributed by atoms with Crippen molar-refractivity contribution < 1.29 is 4.79 Å². The number of hydrogen-bond acceptors (Lipinski definition) is 4. The Kier molecular flexibility index (Phi) is 5.11. The van der Waals surface area contributed by atoms with Crippen molar-refractivity contribution in [3.8, 4) is 0 Å². The molecule has 0 aliphatic heterocycles. The third-order valence-electron chi connectivity index (χ3n) is 2.64. The quantitative estimate of drug-likeness (QED) is 0.883. The predicted molar refractivity (Wildman–Crippen MR) is 78.4 cm³/mol. The molecule has 1 aromatic rings. The number of amides is 2. The molecule has 0 aliphatic carbocycles. The summed E-state index contributed by atoms with van der Waals surface area (Å²) in [5.41, 5.74) is 6.75. The Bertz CT molecular complexity index is 424. The number of hydrogen-bond donors (Lipinski definition) is 1. The molecule has 2 N–H and O–H groups in total. The fraction of sp³-hybridized carbons (Fsp3) is 0.538. The maximum atomic E-state index is 12.2. The fourth-order valence-corrected chi connectivity index (χ4v) is 1.66. The molecule has 6 nitrogen and oxygen atoms in total. The molecule has 1 rings (SSSR count). The van der Waals surface area contributed by atoms with E-state index in [-0.39, 0.29) is 6.03 Å². The van der Waals surface area contributed by atoms with E-state index in [0.29, 0.717) is 18.2 Å². The van der Waals surface area contributed by atoms with Gasteiger partial charge in [-0.2, -0.15) is 0 Å². The molecule has 0 saturated heterocycles. The SMILES string of the molecule is Cc1cc(N)nc(N(CCN(C)C)C(=O)N(C)C)c1. The van der Waals surface area contributed by atoms with Gasteiger partial charge in [0.1, 0.15) is 11.6 Å². The molecule has 0 saturated carbocycles. The molecule has 0 aromatic carbocycles. The maximum Gasteiger partial charge on any atom is 0.325 e. The summed E-state index contributed by atoms with van der Waals surface area (Å²) in [6.07, 6.45) is 0. The smallest absolute Gasteiger partial charge is 0.325 e. The summed E-state index contributed by atoms with van der Waals surface area (Å²) in [6.45, 7) is 3.26. The second-order valence-electron chi connectivity index (χ2n) is 5.06. The van der Waals surface area contributed by atoms with Crippen LogP contribution in [0.4, 0.5) is 16.4 Å². The Morgan fingerprint density at radius 1 is 1.21 bits per heavy atom. The number of carbonyl (C=O) groups excluding carboxylic acids is 1. The minimum Gasteiger partial charge on any atom is -0.384 e. The molecule has 2 amide bonds. The van der Waals surface area contributed by atoms with Gasteiger partial charge in [0.05, 0.1) is 0 Å². The number of nitrogen functional groups attached to an aromatic ring is 1. The molecule has 0 aliphatic rings. The number of likely N-dealkylation sites (N-methyl/N-ethyl adjacent to an activating group) is 1. The van der Waals surface area contributed by atoms with Crippen LogP contribution in [-0.2, 0) is 0 Å². The van der Waals surface area contributed by atoms with E-state index < -0.39 is 0 Å². The van der Waals surface area contributed by atoms with Gasteiger partial charge < -0.3 is 15.5 Å². The van der Waals surface area contributed by atoms with Crippen molar-refractivity contribution >= 4 is 17.7 Å². The standard InChI is InChI=1S/C13H23N5O/c1-10-8-11(14)15-12(9-10)18(7-6-16(2)3)13(19)17(4)5/h8-9H,6-7H2,1-5H3,(H2,14,15). The van der Waals surface area contributed by atoms with E-state index in [1.807, 2.05) is 32.0 Å². The van der Waals surface area contributed by atoms with Gasteiger partial charge in [-0.3, -0.25) is 4.90 Å². The highest BCUT2D eigenvalue weighted by Crippen LogP contribution is 2.17. The number of nitrogens with two attached hydrogens (primary N) is 1. The number of aryl methyl sites for hydroxylation is 1. The number of anilines is 2. The van der Waals surface area contributed by atoms with Gasteiger partial charge in [0.25, 0.3) is 0 Å². The van der Waals surface area contributed by atoms with E-state index in [9.17, 15) is 4.79 Å². The lowest BCUT2D eigenvalue weighted by atomic mass is 10.2. The Labute approximate surface area is 114 Å². The lowest BCUT2D eigenvalue weighted by molar-refractivity contribution is 0.222. The fourth-order valence-electron chi connectivity index (χ4n) is 1.66. The zero-order chi connectivity index (χ0) is 14.6. The molecule has 106 valence electrons. The van der Waals surface area contributed by atoms with E-state index in [1.54, 1.807) is 25.1 Å². The van der Waals surface area contributed by atoms with Gasteiger partial charge in [0.2, 0.25) is 0 Å². The second kappa shape index (κ2) is 6.38. The number of carbonyl (C=O) groups is 1. The molecule has 0 radical (unpaired) electrons. The van der Waals surface area contributed by atoms with Crippen LogP contribution < -0.4 is 10.6 Å². The normalized spacial score (nSPS) is 10.6. The largest absolute Gasteiger partial charge is 0.384 e. The number of rotatable bonds is 4. The summed E-state index contributed by atoms with van der Waals surface area (Å²) in [7, 11) is 7.39. The van der Waals surface area contributed by atoms with Gasteiger partial charge in [-0.05, 0) is 38.7 Å². The van der Waals surface area contributed by atoms with Crippen molar-refractivity contribution in [2.24, 2.45) is 0 Å². The zero-order valence-electron chi connectivity index (χ0n) is 12.3. The van der Waals surface area contributed by atoms with E-state index in [4.69, 9.17) is 5.73 Å². The first-order valence-electron chi connectivity index (χ1n) is 6.19. The molecular formula is C13H23N5O. The summed E-state index contributed by atoms with van der Waals surface area (Å²) >= 11 is 0. The summed E-state index contributed by atoms with van der Waals surface area (Å²) in [5, 5.41) is 0. The first-order chi connectivity index (χ1) is 8.81. The van der Waals surface area contributed by atoms with Crippen molar-refractivity contribution in [2.45, 2.75) is 6.92 Å². The highest BCUT2D eigenvalue weighted by atomic mass is 16.2. The topological polar surface area (TPSA) is 65.7 Å². The van der Waals surface area contributed by atoms with Crippen LogP contribution in [-0.4, -0.2) is 62.1 Å². The lowest BCUT2D eigenvalue weighted by Gasteiger charge is -2.27. The monoisotopic (exact) mass is 265 g/mol. The molecular weight excluding hydrogens is 242 g/mol. The van der Waals surface area contributed by atoms with Crippen LogP contribution in [0.3, 0.4) is 0 Å². The molecule has 6 heteroatoms. The zero-order valence-corrected chi connectivity index (χ0v) is 12.3. The molecule has 0 bridgehead atoms. The number of pyridine rings is 1. The summed E-state index contributed by atoms with van der Waals surface area (Å²) in [6, 6.07) is 3.56. The van der Waals surface area contributed by atoms with Crippen molar-refractivity contribution in [3.63, 3.8) is 0 Å². The maximum absolute atomic E-state index is 12.2. The van der Waals surface area contributed by atoms with Gasteiger partial charge in [0.15, 0.2) is 0 Å². The number of aromatic nitrogens is 1. The van der Waals surface area contributed by atoms with Crippen LogP contribution in [0, 0.1) is 6.92 Å². The molecule has 0 unspecified atom stereocenters. The Hall–Kier alpha value is -1.82. The second-order valence-corrected chi connectivity index (χ2v) is 5.06. The van der Waals surface area contributed by atoms with E-state index in [1.165, 1.54) is 4.90 Å². The average Bonchev–Trinajstić information content (AvgIpc) is 2.27. The van der Waals surface area contributed by atoms with Gasteiger partial charge in [0, 0.05) is 27.2 Å². The highest BCUT2D eigenvalue weighted by Gasteiger charge is 2.19. The van der Waals surface area contributed by atoms with Crippen molar-refractivity contribution in [1.82, 2.24) is 14.8 Å². The number of nitrogens with zero attached hydrogens (tertiary/aromatic N) is 4. The highest BCUT2D eigenvalue weighted by molar-refractivity contribution is 5.91. The Balaban J connectivity index is 3.03. The van der Waals surface area contributed by atoms with Crippen molar-refractivity contribution in [1.29, 1.82) is 0 Å². The Morgan fingerprint density at radius 2 is 1.84 bits per heavy atom. The molecule has 0 spiro atoms. The molecule has 0 fully saturated rings. The average molecular weight is 265 g/mol. The van der Waals surface area contributed by atoms with Gasteiger partial charge in [-0.15, -0.1) is 0 Å². The molecule has 1 heterocycles. The van der Waals surface area contributed by atoms with Gasteiger partial charge in [-0.25, -0.2) is 9.78 Å². The van der Waals surface area contributed by atoms with Crippen molar-refractivity contribution in [3.05, 3.63) is 17.7 Å². The van der Waals surface area contributed by atoms with E-state index in [2.05, 4.69) is 4.98 Å². The van der Waals surface area contributed by atoms with Crippen LogP contribution in [0.1, 0.15) is 5.56 Å². The van der Waals surface area contributed by atoms with Crippen LogP contribution in [0.5, 0.6) is 0 Å². The van der Waals surface area contributed by atoms with Crippen LogP contribution >= 0.6 is 0 Å². The van der Waals surface area contributed by atoms with Crippen LogP contribution in [0.15, 0.2) is 12.1 Å².